The van der Waals surface area contributed by atoms with Crippen molar-refractivity contribution in [2.45, 2.75) is 0 Å². The molecule has 0 atom stereocenters. The number of nitrogen functional groups attached to an aromatic ring is 1. The van der Waals surface area contributed by atoms with E-state index in [0.717, 1.165) is 0 Å². The van der Waals surface area contributed by atoms with Crippen LogP contribution in [-0.4, -0.2) is 21.8 Å². The Morgan fingerprint density at radius 1 is 1.44 bits per heavy atom. The Morgan fingerprint density at radius 3 is 2.25 bits per heavy atom. The number of rotatable bonds is 2. The van der Waals surface area contributed by atoms with E-state index < -0.39 is 13.6 Å². The van der Waals surface area contributed by atoms with Gasteiger partial charge in [0.2, 0.25) is 0 Å². The van der Waals surface area contributed by atoms with E-state index >= 15 is 0 Å². The van der Waals surface area contributed by atoms with E-state index in [-0.39, 0.29) is 5.75 Å². The highest BCUT2D eigenvalue weighted by molar-refractivity contribution is 7.45. The average molecular weight is 254 g/mol. The van der Waals surface area contributed by atoms with Gasteiger partial charge in [0, 0.05) is 6.07 Å². The van der Waals surface area contributed by atoms with Crippen molar-refractivity contribution in [2.24, 2.45) is 5.84 Å². The standard InChI is InChI=1S/C7H9FN2O.H3O4P/c1-11-7-3-2-5(10-9)4-6(7)8;1-5(2,3)4/h2-4,10H,9H2,1H3;(H3,1,2,3,4). The number of methoxy groups -OCH3 is 1. The number of phosphoric acid groups is 1. The maximum Gasteiger partial charge on any atom is 0.466 e. The lowest BCUT2D eigenvalue weighted by Crippen LogP contribution is -2.06. The van der Waals surface area contributed by atoms with Crippen LogP contribution >= 0.6 is 7.82 Å². The van der Waals surface area contributed by atoms with Gasteiger partial charge in [0.25, 0.3) is 0 Å². The molecular formula is C7H12FN2O5P. The minimum absolute atomic E-state index is 0.212. The molecule has 0 spiro atoms. The van der Waals surface area contributed by atoms with Crippen molar-refractivity contribution in [1.29, 1.82) is 0 Å². The summed E-state index contributed by atoms with van der Waals surface area (Å²) in [7, 11) is -3.23. The number of nitrogens with one attached hydrogen (secondary N) is 1. The molecule has 0 saturated heterocycles. The topological polar surface area (TPSA) is 125 Å². The Morgan fingerprint density at radius 2 is 1.94 bits per heavy atom. The summed E-state index contributed by atoms with van der Waals surface area (Å²) in [5, 5.41) is 0. The lowest BCUT2D eigenvalue weighted by atomic mass is 10.3. The number of hydrogen-bond acceptors (Lipinski definition) is 4. The fraction of sp³-hybridized carbons (Fsp3) is 0.143. The van der Waals surface area contributed by atoms with Crippen LogP contribution in [0.25, 0.3) is 0 Å². The first-order chi connectivity index (χ1) is 7.27. The third kappa shape index (κ3) is 7.16. The van der Waals surface area contributed by atoms with Gasteiger partial charge in [-0.05, 0) is 12.1 Å². The molecule has 92 valence electrons. The van der Waals surface area contributed by atoms with Crippen LogP contribution in [0.15, 0.2) is 18.2 Å². The monoisotopic (exact) mass is 254 g/mol. The van der Waals surface area contributed by atoms with E-state index in [2.05, 4.69) is 5.43 Å². The Kier molecular flexibility index (Phi) is 5.94. The molecule has 16 heavy (non-hydrogen) atoms. The van der Waals surface area contributed by atoms with Crippen molar-refractivity contribution in [3.8, 4) is 5.75 Å². The van der Waals surface area contributed by atoms with Crippen LogP contribution < -0.4 is 16.0 Å². The Hall–Kier alpha value is -1.18. The van der Waals surface area contributed by atoms with E-state index in [4.69, 9.17) is 29.8 Å². The fourth-order valence-corrected chi connectivity index (χ4v) is 0.756. The van der Waals surface area contributed by atoms with Crippen LogP contribution in [0.5, 0.6) is 5.75 Å². The lowest BCUT2D eigenvalue weighted by Gasteiger charge is -2.03. The number of ether oxygens (including phenoxy) is 1. The van der Waals surface area contributed by atoms with Crippen LogP contribution in [0.4, 0.5) is 10.1 Å². The number of halogens is 1. The van der Waals surface area contributed by atoms with Crippen LogP contribution in [0, 0.1) is 5.82 Å². The lowest BCUT2D eigenvalue weighted by molar-refractivity contribution is 0.275. The summed E-state index contributed by atoms with van der Waals surface area (Å²) in [5.74, 6) is 4.84. The summed E-state index contributed by atoms with van der Waals surface area (Å²) in [4.78, 5) is 21.6. The second-order valence-corrected chi connectivity index (χ2v) is 3.53. The molecule has 0 unspecified atom stereocenters. The number of benzene rings is 1. The van der Waals surface area contributed by atoms with Gasteiger partial charge in [-0.25, -0.2) is 8.96 Å². The van der Waals surface area contributed by atoms with Crippen molar-refractivity contribution in [1.82, 2.24) is 0 Å². The molecular weight excluding hydrogens is 242 g/mol. The molecule has 0 amide bonds. The average Bonchev–Trinajstić information content (AvgIpc) is 2.15. The summed E-state index contributed by atoms with van der Waals surface area (Å²) >= 11 is 0. The number of anilines is 1. The van der Waals surface area contributed by atoms with E-state index in [0.29, 0.717) is 5.69 Å². The molecule has 1 aromatic rings. The molecule has 0 aliphatic heterocycles. The molecule has 0 aromatic heterocycles. The zero-order valence-electron chi connectivity index (χ0n) is 8.29. The number of nitrogens with two attached hydrogens (primary N) is 1. The molecule has 6 N–H and O–H groups in total. The van der Waals surface area contributed by atoms with Gasteiger partial charge in [0.1, 0.15) is 0 Å². The number of hydrazine groups is 1. The quantitative estimate of drug-likeness (QED) is 0.290. The van der Waals surface area contributed by atoms with Crippen molar-refractivity contribution in [3.63, 3.8) is 0 Å². The molecule has 0 saturated carbocycles. The zero-order chi connectivity index (χ0) is 12.8. The van der Waals surface area contributed by atoms with Crippen molar-refractivity contribution < 1.29 is 28.4 Å². The first kappa shape index (κ1) is 14.8. The van der Waals surface area contributed by atoms with Crippen LogP contribution in [0.2, 0.25) is 0 Å². The highest BCUT2D eigenvalue weighted by Crippen LogP contribution is 2.25. The smallest absolute Gasteiger partial charge is 0.466 e. The van der Waals surface area contributed by atoms with Gasteiger partial charge < -0.3 is 24.8 Å². The molecule has 0 aliphatic rings. The third-order valence-corrected chi connectivity index (χ3v) is 1.32. The third-order valence-electron chi connectivity index (χ3n) is 1.32. The maximum atomic E-state index is 12.8. The van der Waals surface area contributed by atoms with Gasteiger partial charge >= 0.3 is 7.82 Å². The summed E-state index contributed by atoms with van der Waals surface area (Å²) < 4.78 is 26.4. The highest BCUT2D eigenvalue weighted by Gasteiger charge is 2.01. The van der Waals surface area contributed by atoms with Gasteiger partial charge in [-0.15, -0.1) is 0 Å². The van der Waals surface area contributed by atoms with Crippen molar-refractivity contribution in [3.05, 3.63) is 24.0 Å². The molecule has 0 heterocycles. The first-order valence-electron chi connectivity index (χ1n) is 3.86. The van der Waals surface area contributed by atoms with Gasteiger partial charge in [-0.1, -0.05) is 0 Å². The van der Waals surface area contributed by atoms with Gasteiger partial charge in [0.15, 0.2) is 11.6 Å². The summed E-state index contributed by atoms with van der Waals surface area (Å²) in [6, 6.07) is 4.39. The van der Waals surface area contributed by atoms with Gasteiger partial charge in [0.05, 0.1) is 12.8 Å². The summed E-state index contributed by atoms with van der Waals surface area (Å²) in [6.07, 6.45) is 0. The van der Waals surface area contributed by atoms with E-state index in [9.17, 15) is 4.39 Å². The molecule has 9 heteroatoms. The molecule has 1 aromatic carbocycles. The molecule has 1 rings (SSSR count). The molecule has 0 aliphatic carbocycles. The molecule has 0 bridgehead atoms. The highest BCUT2D eigenvalue weighted by atomic mass is 31.2. The van der Waals surface area contributed by atoms with Gasteiger partial charge in [-0.3, -0.25) is 5.84 Å². The number of hydrogen-bond donors (Lipinski definition) is 5. The zero-order valence-corrected chi connectivity index (χ0v) is 9.19. The second-order valence-electron chi connectivity index (χ2n) is 2.51. The minimum atomic E-state index is -4.64. The summed E-state index contributed by atoms with van der Waals surface area (Å²) in [6.45, 7) is 0. The largest absolute Gasteiger partial charge is 0.494 e. The Bertz CT molecular complexity index is 375. The van der Waals surface area contributed by atoms with E-state index in [1.54, 1.807) is 6.07 Å². The Labute approximate surface area is 90.9 Å². The first-order valence-corrected chi connectivity index (χ1v) is 5.43. The summed E-state index contributed by atoms with van der Waals surface area (Å²) in [5.41, 5.74) is 2.84. The van der Waals surface area contributed by atoms with Crippen LogP contribution in [-0.2, 0) is 4.57 Å². The second kappa shape index (κ2) is 6.41. The SMILES string of the molecule is COc1ccc(NN)cc1F.O=P(O)(O)O. The van der Waals surface area contributed by atoms with Gasteiger partial charge in [-0.2, -0.15) is 0 Å². The predicted octanol–water partition coefficient (Wildman–Crippen LogP) is 0.191. The molecule has 0 fully saturated rings. The maximum absolute atomic E-state index is 12.8. The minimum Gasteiger partial charge on any atom is -0.494 e. The van der Waals surface area contributed by atoms with E-state index in [1.165, 1.54) is 19.2 Å². The van der Waals surface area contributed by atoms with Crippen molar-refractivity contribution >= 4 is 13.5 Å². The van der Waals surface area contributed by atoms with Crippen molar-refractivity contribution in [2.75, 3.05) is 12.5 Å². The fourth-order valence-electron chi connectivity index (χ4n) is 0.756. The Balaban J connectivity index is 0.000000385. The molecule has 0 radical (unpaired) electrons. The normalized spacial score (nSPS) is 10.1. The molecule has 7 nitrogen and oxygen atoms in total. The van der Waals surface area contributed by atoms with Crippen LogP contribution in [0.3, 0.4) is 0 Å². The predicted molar refractivity (Wildman–Crippen MR) is 55.0 cm³/mol. The van der Waals surface area contributed by atoms with E-state index in [1.807, 2.05) is 0 Å². The van der Waals surface area contributed by atoms with Crippen LogP contribution in [0.1, 0.15) is 0 Å².